The SMILES string of the molecule is COc1ccc(C)cc1Nc1ccc(C(=O)NCc2ccccc2C)nc1. The van der Waals surface area contributed by atoms with Gasteiger partial charge in [-0.3, -0.25) is 4.79 Å². The second kappa shape index (κ2) is 8.36. The van der Waals surface area contributed by atoms with Crippen molar-refractivity contribution in [1.82, 2.24) is 10.3 Å². The summed E-state index contributed by atoms with van der Waals surface area (Å²) in [5.41, 5.74) is 5.39. The van der Waals surface area contributed by atoms with Crippen LogP contribution in [0.1, 0.15) is 27.2 Å². The van der Waals surface area contributed by atoms with E-state index in [1.54, 1.807) is 19.4 Å². The molecule has 0 aliphatic carbocycles. The fourth-order valence-electron chi connectivity index (χ4n) is 2.75. The van der Waals surface area contributed by atoms with E-state index in [-0.39, 0.29) is 5.91 Å². The molecule has 27 heavy (non-hydrogen) atoms. The second-order valence-electron chi connectivity index (χ2n) is 6.37. The number of hydrogen-bond donors (Lipinski definition) is 2. The first-order chi connectivity index (χ1) is 13.1. The number of aryl methyl sites for hydroxylation is 2. The molecule has 5 nitrogen and oxygen atoms in total. The van der Waals surface area contributed by atoms with Gasteiger partial charge in [-0.2, -0.15) is 0 Å². The van der Waals surface area contributed by atoms with Gasteiger partial charge in [0.15, 0.2) is 0 Å². The predicted octanol–water partition coefficient (Wildman–Crippen LogP) is 4.38. The maximum Gasteiger partial charge on any atom is 0.270 e. The second-order valence-corrected chi connectivity index (χ2v) is 6.37. The van der Waals surface area contributed by atoms with Crippen LogP contribution in [-0.2, 0) is 6.54 Å². The number of hydrogen-bond acceptors (Lipinski definition) is 4. The van der Waals surface area contributed by atoms with Crippen LogP contribution in [0.3, 0.4) is 0 Å². The lowest BCUT2D eigenvalue weighted by Crippen LogP contribution is -2.24. The predicted molar refractivity (Wildman–Crippen MR) is 108 cm³/mol. The minimum atomic E-state index is -0.196. The Bertz CT molecular complexity index is 937. The third kappa shape index (κ3) is 4.64. The molecule has 1 heterocycles. The molecule has 0 atom stereocenters. The smallest absolute Gasteiger partial charge is 0.270 e. The first-order valence-electron chi connectivity index (χ1n) is 8.77. The Morgan fingerprint density at radius 2 is 1.89 bits per heavy atom. The average molecular weight is 361 g/mol. The maximum atomic E-state index is 12.3. The highest BCUT2D eigenvalue weighted by Gasteiger charge is 2.09. The molecule has 0 aliphatic rings. The third-order valence-electron chi connectivity index (χ3n) is 4.33. The number of pyridine rings is 1. The lowest BCUT2D eigenvalue weighted by Gasteiger charge is -2.12. The first kappa shape index (κ1) is 18.5. The number of anilines is 2. The number of ether oxygens (including phenoxy) is 1. The van der Waals surface area contributed by atoms with Crippen LogP contribution in [0.15, 0.2) is 60.8 Å². The molecule has 0 saturated heterocycles. The van der Waals surface area contributed by atoms with E-state index in [2.05, 4.69) is 15.6 Å². The molecular weight excluding hydrogens is 338 g/mol. The van der Waals surface area contributed by atoms with Crippen molar-refractivity contribution in [2.45, 2.75) is 20.4 Å². The van der Waals surface area contributed by atoms with Crippen molar-refractivity contribution < 1.29 is 9.53 Å². The summed E-state index contributed by atoms with van der Waals surface area (Å²) in [5, 5.41) is 6.19. The Morgan fingerprint density at radius 1 is 1.07 bits per heavy atom. The number of benzene rings is 2. The fraction of sp³-hybridized carbons (Fsp3) is 0.182. The fourth-order valence-corrected chi connectivity index (χ4v) is 2.75. The van der Waals surface area contributed by atoms with Crippen LogP contribution >= 0.6 is 0 Å². The summed E-state index contributed by atoms with van der Waals surface area (Å²) in [7, 11) is 1.63. The molecule has 3 rings (SSSR count). The zero-order chi connectivity index (χ0) is 19.2. The van der Waals surface area contributed by atoms with Gasteiger partial charge in [0.2, 0.25) is 0 Å². The van der Waals surface area contributed by atoms with Crippen molar-refractivity contribution in [2.24, 2.45) is 0 Å². The van der Waals surface area contributed by atoms with Crippen LogP contribution in [0, 0.1) is 13.8 Å². The molecule has 138 valence electrons. The number of nitrogens with one attached hydrogen (secondary N) is 2. The van der Waals surface area contributed by atoms with Crippen molar-refractivity contribution in [3.05, 3.63) is 83.2 Å². The van der Waals surface area contributed by atoms with Gasteiger partial charge in [-0.1, -0.05) is 30.3 Å². The van der Waals surface area contributed by atoms with E-state index in [1.165, 1.54) is 0 Å². The van der Waals surface area contributed by atoms with Gasteiger partial charge in [0.1, 0.15) is 11.4 Å². The van der Waals surface area contributed by atoms with Crippen LogP contribution in [-0.4, -0.2) is 18.0 Å². The van der Waals surface area contributed by atoms with E-state index in [1.807, 2.05) is 62.4 Å². The monoisotopic (exact) mass is 361 g/mol. The van der Waals surface area contributed by atoms with Gasteiger partial charge in [-0.05, 0) is 54.8 Å². The minimum absolute atomic E-state index is 0.196. The molecule has 0 fully saturated rings. The molecule has 0 aliphatic heterocycles. The number of aromatic nitrogens is 1. The van der Waals surface area contributed by atoms with Gasteiger partial charge in [-0.25, -0.2) is 4.98 Å². The highest BCUT2D eigenvalue weighted by molar-refractivity contribution is 5.92. The summed E-state index contributed by atoms with van der Waals surface area (Å²) in [6.45, 7) is 4.53. The Hall–Kier alpha value is -3.34. The Labute approximate surface area is 159 Å². The molecule has 1 aromatic heterocycles. The molecule has 0 radical (unpaired) electrons. The van der Waals surface area contributed by atoms with Crippen LogP contribution in [0.25, 0.3) is 0 Å². The first-order valence-corrected chi connectivity index (χ1v) is 8.77. The Morgan fingerprint density at radius 3 is 2.59 bits per heavy atom. The van der Waals surface area contributed by atoms with Crippen LogP contribution in [0.2, 0.25) is 0 Å². The molecule has 0 spiro atoms. The van der Waals surface area contributed by atoms with Crippen molar-refractivity contribution in [1.29, 1.82) is 0 Å². The quantitative estimate of drug-likeness (QED) is 0.684. The highest BCUT2D eigenvalue weighted by atomic mass is 16.5. The summed E-state index contributed by atoms with van der Waals surface area (Å²) < 4.78 is 5.37. The molecule has 0 unspecified atom stereocenters. The Kier molecular flexibility index (Phi) is 5.71. The van der Waals surface area contributed by atoms with Crippen molar-refractivity contribution in [3.8, 4) is 5.75 Å². The van der Waals surface area contributed by atoms with Crippen LogP contribution in [0.4, 0.5) is 11.4 Å². The lowest BCUT2D eigenvalue weighted by molar-refractivity contribution is 0.0946. The molecule has 2 N–H and O–H groups in total. The molecule has 0 bridgehead atoms. The molecule has 0 saturated carbocycles. The van der Waals surface area contributed by atoms with E-state index < -0.39 is 0 Å². The zero-order valence-corrected chi connectivity index (χ0v) is 15.7. The summed E-state index contributed by atoms with van der Waals surface area (Å²) in [6, 6.07) is 17.4. The summed E-state index contributed by atoms with van der Waals surface area (Å²) >= 11 is 0. The number of methoxy groups -OCH3 is 1. The van der Waals surface area contributed by atoms with Crippen LogP contribution < -0.4 is 15.4 Å². The van der Waals surface area contributed by atoms with E-state index >= 15 is 0 Å². The molecule has 1 amide bonds. The van der Waals surface area contributed by atoms with Gasteiger partial charge in [-0.15, -0.1) is 0 Å². The topological polar surface area (TPSA) is 63.2 Å². The normalized spacial score (nSPS) is 10.3. The average Bonchev–Trinajstić information content (AvgIpc) is 2.68. The summed E-state index contributed by atoms with van der Waals surface area (Å²) in [5.74, 6) is 0.554. The van der Waals surface area contributed by atoms with E-state index in [0.29, 0.717) is 12.2 Å². The van der Waals surface area contributed by atoms with Crippen LogP contribution in [0.5, 0.6) is 5.75 Å². The van der Waals surface area contributed by atoms with E-state index in [0.717, 1.165) is 33.8 Å². The Balaban J connectivity index is 1.65. The third-order valence-corrected chi connectivity index (χ3v) is 4.33. The zero-order valence-electron chi connectivity index (χ0n) is 15.7. The van der Waals surface area contributed by atoms with Gasteiger partial charge < -0.3 is 15.4 Å². The highest BCUT2D eigenvalue weighted by Crippen LogP contribution is 2.28. The van der Waals surface area contributed by atoms with Gasteiger partial charge in [0.05, 0.1) is 24.7 Å². The number of amides is 1. The van der Waals surface area contributed by atoms with Gasteiger partial charge in [0, 0.05) is 6.54 Å². The number of carbonyl (C=O) groups is 1. The maximum absolute atomic E-state index is 12.3. The summed E-state index contributed by atoms with van der Waals surface area (Å²) in [6.07, 6.45) is 1.64. The van der Waals surface area contributed by atoms with E-state index in [4.69, 9.17) is 4.74 Å². The number of carbonyl (C=O) groups excluding carboxylic acids is 1. The largest absolute Gasteiger partial charge is 0.495 e. The van der Waals surface area contributed by atoms with Crippen molar-refractivity contribution in [3.63, 3.8) is 0 Å². The van der Waals surface area contributed by atoms with E-state index in [9.17, 15) is 4.79 Å². The summed E-state index contributed by atoms with van der Waals surface area (Å²) in [4.78, 5) is 16.6. The van der Waals surface area contributed by atoms with Crippen molar-refractivity contribution >= 4 is 17.3 Å². The number of rotatable bonds is 6. The minimum Gasteiger partial charge on any atom is -0.495 e. The molecule has 2 aromatic carbocycles. The molecular formula is C22H23N3O2. The van der Waals surface area contributed by atoms with Crippen molar-refractivity contribution in [2.75, 3.05) is 12.4 Å². The number of nitrogens with zero attached hydrogens (tertiary/aromatic N) is 1. The lowest BCUT2D eigenvalue weighted by atomic mass is 10.1. The molecule has 5 heteroatoms. The van der Waals surface area contributed by atoms with Gasteiger partial charge >= 0.3 is 0 Å². The standard InChI is InChI=1S/C22H23N3O2/c1-15-8-11-21(27-3)20(12-15)25-18-9-10-19(23-14-18)22(26)24-13-17-7-5-4-6-16(17)2/h4-12,14,25H,13H2,1-3H3,(H,24,26). The van der Waals surface area contributed by atoms with Gasteiger partial charge in [0.25, 0.3) is 5.91 Å². The molecule has 3 aromatic rings.